The number of hydrogen-bond donors (Lipinski definition) is 1. The Hall–Kier alpha value is -0.900. The van der Waals surface area contributed by atoms with E-state index < -0.39 is 12.3 Å². The first kappa shape index (κ1) is 9.10. The van der Waals surface area contributed by atoms with Crippen molar-refractivity contribution in [2.45, 2.75) is 12.8 Å². The molecule has 0 aromatic heterocycles. The molecule has 1 unspecified atom stereocenters. The van der Waals surface area contributed by atoms with Crippen LogP contribution in [0.5, 0.6) is 0 Å². The van der Waals surface area contributed by atoms with Gasteiger partial charge in [-0.2, -0.15) is 0 Å². The summed E-state index contributed by atoms with van der Waals surface area (Å²) < 4.78 is 16.2. The number of halogens is 1. The van der Waals surface area contributed by atoms with Crippen LogP contribution in [0.1, 0.15) is 6.42 Å². The van der Waals surface area contributed by atoms with Crippen LogP contribution in [0.25, 0.3) is 0 Å². The van der Waals surface area contributed by atoms with Gasteiger partial charge in [0.05, 0.1) is 6.61 Å². The van der Waals surface area contributed by atoms with E-state index >= 15 is 0 Å². The molecule has 1 atom stereocenters. The summed E-state index contributed by atoms with van der Waals surface area (Å²) in [4.78, 5) is 9.77. The van der Waals surface area contributed by atoms with E-state index in [4.69, 9.17) is 5.11 Å². The lowest BCUT2D eigenvalue weighted by Gasteiger charge is -2.01. The Kier molecular flexibility index (Phi) is 4.49. The van der Waals surface area contributed by atoms with E-state index in [0.29, 0.717) is 6.42 Å². The zero-order chi connectivity index (χ0) is 7.98. The summed E-state index contributed by atoms with van der Waals surface area (Å²) in [7, 11) is 0. The van der Waals surface area contributed by atoms with Gasteiger partial charge in [0.25, 0.3) is 6.36 Å². The van der Waals surface area contributed by atoms with Crippen molar-refractivity contribution in [3.63, 3.8) is 0 Å². The van der Waals surface area contributed by atoms with Crippen LogP contribution in [0.2, 0.25) is 0 Å². The summed E-state index contributed by atoms with van der Waals surface area (Å²) in [5.74, 6) is -1.59. The van der Waals surface area contributed by atoms with Gasteiger partial charge in [-0.25, -0.2) is 9.18 Å². The van der Waals surface area contributed by atoms with Gasteiger partial charge in [-0.3, -0.25) is 0 Å². The highest BCUT2D eigenvalue weighted by Gasteiger charge is 2.14. The lowest BCUT2D eigenvalue weighted by atomic mass is 10.4. The highest BCUT2D eigenvalue weighted by Crippen LogP contribution is 1.94. The van der Waals surface area contributed by atoms with Crippen molar-refractivity contribution in [3.05, 3.63) is 12.7 Å². The predicted molar refractivity (Wildman–Crippen MR) is 33.3 cm³/mol. The molecule has 0 heterocycles. The van der Waals surface area contributed by atoms with Crippen molar-refractivity contribution >= 4 is 5.97 Å². The minimum atomic E-state index is -2.21. The molecular formula is C6H9FO3. The Morgan fingerprint density at radius 3 is 2.90 bits per heavy atom. The third kappa shape index (κ3) is 4.03. The molecule has 0 radical (unpaired) electrons. The van der Waals surface area contributed by atoms with Crippen LogP contribution >= 0.6 is 0 Å². The van der Waals surface area contributed by atoms with Crippen LogP contribution < -0.4 is 0 Å². The summed E-state index contributed by atoms with van der Waals surface area (Å²) >= 11 is 0. The van der Waals surface area contributed by atoms with Crippen LogP contribution in [0.3, 0.4) is 0 Å². The van der Waals surface area contributed by atoms with Crippen molar-refractivity contribution in [1.29, 1.82) is 0 Å². The molecule has 0 aromatic carbocycles. The van der Waals surface area contributed by atoms with Crippen LogP contribution in [0.15, 0.2) is 12.7 Å². The van der Waals surface area contributed by atoms with Gasteiger partial charge in [0.1, 0.15) is 0 Å². The summed E-state index contributed by atoms with van der Waals surface area (Å²) in [6.45, 7) is 3.41. The molecule has 0 aliphatic carbocycles. The summed E-state index contributed by atoms with van der Waals surface area (Å²) in [6, 6.07) is 0. The molecule has 0 amide bonds. The molecule has 1 N–H and O–H groups in total. The first-order valence-corrected chi connectivity index (χ1v) is 2.78. The first-order valence-electron chi connectivity index (χ1n) is 2.78. The van der Waals surface area contributed by atoms with Gasteiger partial charge in [0, 0.05) is 0 Å². The van der Waals surface area contributed by atoms with E-state index in [1.165, 1.54) is 6.08 Å². The molecule has 0 aliphatic heterocycles. The number of carbonyl (C=O) groups is 1. The summed E-state index contributed by atoms with van der Waals surface area (Å²) in [6.07, 6.45) is -0.234. The monoisotopic (exact) mass is 148 g/mol. The number of carboxylic acid groups (broad SMARTS) is 1. The Morgan fingerprint density at radius 1 is 1.90 bits per heavy atom. The predicted octanol–water partition coefficient (Wildman–Crippen LogP) is 0.959. The summed E-state index contributed by atoms with van der Waals surface area (Å²) in [5, 5.41) is 7.96. The second kappa shape index (κ2) is 4.93. The second-order valence-electron chi connectivity index (χ2n) is 1.60. The molecule has 58 valence electrons. The van der Waals surface area contributed by atoms with Gasteiger partial charge < -0.3 is 9.84 Å². The fourth-order valence-corrected chi connectivity index (χ4v) is 0.326. The molecule has 0 rings (SSSR count). The minimum Gasteiger partial charge on any atom is -0.477 e. The van der Waals surface area contributed by atoms with Gasteiger partial charge >= 0.3 is 5.97 Å². The number of rotatable bonds is 5. The van der Waals surface area contributed by atoms with E-state index in [0.717, 1.165) is 0 Å². The van der Waals surface area contributed by atoms with Crippen molar-refractivity contribution in [2.24, 2.45) is 0 Å². The van der Waals surface area contributed by atoms with E-state index in [1.54, 1.807) is 0 Å². The molecule has 0 saturated heterocycles. The van der Waals surface area contributed by atoms with Crippen LogP contribution in [-0.4, -0.2) is 24.0 Å². The zero-order valence-corrected chi connectivity index (χ0v) is 5.42. The highest BCUT2D eigenvalue weighted by atomic mass is 19.1. The Labute approximate surface area is 58.1 Å². The molecular weight excluding hydrogens is 139 g/mol. The van der Waals surface area contributed by atoms with Gasteiger partial charge in [-0.1, -0.05) is 6.08 Å². The third-order valence-electron chi connectivity index (χ3n) is 0.780. The third-order valence-corrected chi connectivity index (χ3v) is 0.780. The maximum atomic E-state index is 12.0. The fraction of sp³-hybridized carbons (Fsp3) is 0.500. The highest BCUT2D eigenvalue weighted by molar-refractivity contribution is 5.70. The van der Waals surface area contributed by atoms with Crippen molar-refractivity contribution in [1.82, 2.24) is 0 Å². The molecule has 0 bridgehead atoms. The molecule has 0 saturated carbocycles. The maximum Gasteiger partial charge on any atom is 0.366 e. The Bertz CT molecular complexity index is 124. The Balaban J connectivity index is 3.30. The van der Waals surface area contributed by atoms with Crippen LogP contribution in [0, 0.1) is 0 Å². The number of aliphatic carboxylic acids is 1. The molecule has 0 aromatic rings. The van der Waals surface area contributed by atoms with Crippen molar-refractivity contribution in [2.75, 3.05) is 6.61 Å². The Morgan fingerprint density at radius 2 is 2.50 bits per heavy atom. The lowest BCUT2D eigenvalue weighted by molar-refractivity contribution is -0.162. The fourth-order valence-electron chi connectivity index (χ4n) is 0.326. The lowest BCUT2D eigenvalue weighted by Crippen LogP contribution is -2.18. The van der Waals surface area contributed by atoms with Crippen molar-refractivity contribution in [3.8, 4) is 0 Å². The maximum absolute atomic E-state index is 12.0. The number of ether oxygens (including phenoxy) is 1. The zero-order valence-electron chi connectivity index (χ0n) is 5.42. The standard InChI is InChI=1S/C6H9FO3/c1-2-3-4-10-5(7)6(8)9/h2,5H,1,3-4H2,(H,8,9). The smallest absolute Gasteiger partial charge is 0.366 e. The number of alkyl halides is 1. The van der Waals surface area contributed by atoms with E-state index in [-0.39, 0.29) is 6.61 Å². The van der Waals surface area contributed by atoms with Gasteiger partial charge in [-0.05, 0) is 6.42 Å². The van der Waals surface area contributed by atoms with E-state index in [9.17, 15) is 9.18 Å². The second-order valence-corrected chi connectivity index (χ2v) is 1.60. The van der Waals surface area contributed by atoms with Crippen LogP contribution in [-0.2, 0) is 9.53 Å². The largest absolute Gasteiger partial charge is 0.477 e. The van der Waals surface area contributed by atoms with Gasteiger partial charge in [-0.15, -0.1) is 6.58 Å². The van der Waals surface area contributed by atoms with E-state index in [1.807, 2.05) is 0 Å². The minimum absolute atomic E-state index is 0.0525. The average molecular weight is 148 g/mol. The quantitative estimate of drug-likeness (QED) is 0.466. The molecule has 4 heteroatoms. The number of hydrogen-bond acceptors (Lipinski definition) is 2. The van der Waals surface area contributed by atoms with E-state index in [2.05, 4.69) is 11.3 Å². The van der Waals surface area contributed by atoms with Gasteiger partial charge in [0.15, 0.2) is 0 Å². The molecule has 0 aliphatic rings. The average Bonchev–Trinajstić information content (AvgIpc) is 1.88. The molecule has 10 heavy (non-hydrogen) atoms. The SMILES string of the molecule is C=CCCOC(F)C(=O)O. The van der Waals surface area contributed by atoms with Gasteiger partial charge in [0.2, 0.25) is 0 Å². The molecule has 3 nitrogen and oxygen atoms in total. The molecule has 0 fully saturated rings. The van der Waals surface area contributed by atoms with Crippen LogP contribution in [0.4, 0.5) is 4.39 Å². The van der Waals surface area contributed by atoms with Crippen molar-refractivity contribution < 1.29 is 19.0 Å². The normalized spacial score (nSPS) is 12.5. The topological polar surface area (TPSA) is 46.5 Å². The molecule has 0 spiro atoms. The summed E-state index contributed by atoms with van der Waals surface area (Å²) in [5.41, 5.74) is 0. The number of carboxylic acids is 1. The first-order chi connectivity index (χ1) is 4.68.